The van der Waals surface area contributed by atoms with Crippen molar-refractivity contribution in [3.05, 3.63) is 94.0 Å². The van der Waals surface area contributed by atoms with Gasteiger partial charge in [0.1, 0.15) is 16.9 Å². The highest BCUT2D eigenvalue weighted by molar-refractivity contribution is 8.00. The van der Waals surface area contributed by atoms with Crippen LogP contribution in [-0.2, 0) is 11.3 Å². The lowest BCUT2D eigenvalue weighted by Gasteiger charge is -2.24. The molecule has 8 heteroatoms. The number of nitrogens with one attached hydrogen (secondary N) is 1. The van der Waals surface area contributed by atoms with Gasteiger partial charge in [0.05, 0.1) is 26.0 Å². The topological polar surface area (TPSA) is 67.9 Å². The summed E-state index contributed by atoms with van der Waals surface area (Å²) in [5.41, 5.74) is 3.37. The van der Waals surface area contributed by atoms with Gasteiger partial charge < -0.3 is 19.7 Å². The SMILES string of the molecule is COc1ccc(OC)c(C(C)NC(=O)c2ccc(C3SCC(=O)N3Cc3ccc(Cl)cc3)cc2)c1. The van der Waals surface area contributed by atoms with Gasteiger partial charge in [0.2, 0.25) is 5.91 Å². The fraction of sp³-hybridized carbons (Fsp3) is 0.259. The maximum atomic E-state index is 12.9. The van der Waals surface area contributed by atoms with Crippen molar-refractivity contribution in [2.75, 3.05) is 20.0 Å². The summed E-state index contributed by atoms with van der Waals surface area (Å²) >= 11 is 7.58. The van der Waals surface area contributed by atoms with Crippen molar-refractivity contribution < 1.29 is 19.1 Å². The van der Waals surface area contributed by atoms with Crippen molar-refractivity contribution in [2.24, 2.45) is 0 Å². The predicted octanol–water partition coefficient (Wildman–Crippen LogP) is 5.62. The standard InChI is InChI=1S/C27H27ClN2O4S/c1-17(23-14-22(33-2)12-13-24(23)34-3)29-26(32)19-6-8-20(9-7-19)27-30(25(31)16-35-27)15-18-4-10-21(28)11-5-18/h4-14,17,27H,15-16H2,1-3H3,(H,29,32). The smallest absolute Gasteiger partial charge is 0.251 e. The average molecular weight is 511 g/mol. The van der Waals surface area contributed by atoms with Gasteiger partial charge in [-0.15, -0.1) is 11.8 Å². The predicted molar refractivity (Wildman–Crippen MR) is 139 cm³/mol. The molecule has 0 bridgehead atoms. The summed E-state index contributed by atoms with van der Waals surface area (Å²) in [6.07, 6.45) is 0. The van der Waals surface area contributed by atoms with Gasteiger partial charge in [0.25, 0.3) is 5.91 Å². The van der Waals surface area contributed by atoms with Crippen LogP contribution in [0, 0.1) is 0 Å². The number of benzene rings is 3. The first kappa shape index (κ1) is 24.9. The van der Waals surface area contributed by atoms with Crippen LogP contribution < -0.4 is 14.8 Å². The number of amides is 2. The second-order valence-electron chi connectivity index (χ2n) is 8.24. The summed E-state index contributed by atoms with van der Waals surface area (Å²) in [7, 11) is 3.20. The number of ether oxygens (including phenoxy) is 2. The molecule has 35 heavy (non-hydrogen) atoms. The van der Waals surface area contributed by atoms with E-state index in [1.54, 1.807) is 38.1 Å². The van der Waals surface area contributed by atoms with E-state index >= 15 is 0 Å². The molecule has 0 saturated carbocycles. The third-order valence-corrected chi connectivity index (χ3v) is 7.45. The molecule has 1 heterocycles. The lowest BCUT2D eigenvalue weighted by atomic mass is 10.1. The number of halogens is 1. The minimum absolute atomic E-state index is 0.0952. The Bertz CT molecular complexity index is 1200. The number of hydrogen-bond donors (Lipinski definition) is 1. The van der Waals surface area contributed by atoms with Crippen LogP contribution in [0.3, 0.4) is 0 Å². The lowest BCUT2D eigenvalue weighted by molar-refractivity contribution is -0.128. The quantitative estimate of drug-likeness (QED) is 0.426. The normalized spacial score (nSPS) is 16.2. The minimum Gasteiger partial charge on any atom is -0.497 e. The molecule has 2 amide bonds. The molecule has 1 saturated heterocycles. The summed E-state index contributed by atoms with van der Waals surface area (Å²) in [4.78, 5) is 27.4. The molecule has 0 radical (unpaired) electrons. The fourth-order valence-corrected chi connectivity index (χ4v) is 5.34. The number of thioether (sulfide) groups is 1. The van der Waals surface area contributed by atoms with Gasteiger partial charge in [-0.1, -0.05) is 35.9 Å². The monoisotopic (exact) mass is 510 g/mol. The second kappa shape index (κ2) is 11.1. The van der Waals surface area contributed by atoms with Crippen molar-refractivity contribution in [1.82, 2.24) is 10.2 Å². The molecule has 0 spiro atoms. The van der Waals surface area contributed by atoms with Gasteiger partial charge in [-0.25, -0.2) is 0 Å². The molecule has 2 atom stereocenters. The van der Waals surface area contributed by atoms with E-state index in [4.69, 9.17) is 21.1 Å². The van der Waals surface area contributed by atoms with E-state index in [0.717, 1.165) is 16.7 Å². The van der Waals surface area contributed by atoms with Crippen LogP contribution in [0.2, 0.25) is 5.02 Å². The molecule has 3 aromatic carbocycles. The van der Waals surface area contributed by atoms with Crippen LogP contribution in [0.4, 0.5) is 0 Å². The molecule has 2 unspecified atom stereocenters. The van der Waals surface area contributed by atoms with E-state index in [1.165, 1.54) is 0 Å². The van der Waals surface area contributed by atoms with Gasteiger partial charge in [0.15, 0.2) is 0 Å². The molecular weight excluding hydrogens is 484 g/mol. The second-order valence-corrected chi connectivity index (χ2v) is 9.74. The van der Waals surface area contributed by atoms with Crippen LogP contribution in [0.15, 0.2) is 66.7 Å². The van der Waals surface area contributed by atoms with Crippen molar-refractivity contribution in [1.29, 1.82) is 0 Å². The Morgan fingerprint density at radius 2 is 1.80 bits per heavy atom. The van der Waals surface area contributed by atoms with Crippen LogP contribution >= 0.6 is 23.4 Å². The van der Waals surface area contributed by atoms with Crippen LogP contribution in [0.5, 0.6) is 11.5 Å². The Morgan fingerprint density at radius 1 is 1.09 bits per heavy atom. The Kier molecular flexibility index (Phi) is 7.88. The van der Waals surface area contributed by atoms with E-state index in [0.29, 0.717) is 34.4 Å². The molecule has 4 rings (SSSR count). The highest BCUT2D eigenvalue weighted by Gasteiger charge is 2.32. The van der Waals surface area contributed by atoms with Gasteiger partial charge in [-0.2, -0.15) is 0 Å². The molecule has 3 aromatic rings. The number of carbonyl (C=O) groups excluding carboxylic acids is 2. The zero-order valence-electron chi connectivity index (χ0n) is 19.8. The average Bonchev–Trinajstić information content (AvgIpc) is 3.24. The number of hydrogen-bond acceptors (Lipinski definition) is 5. The highest BCUT2D eigenvalue weighted by Crippen LogP contribution is 2.39. The van der Waals surface area contributed by atoms with Crippen LogP contribution in [0.1, 0.15) is 45.4 Å². The Hall–Kier alpha value is -3.16. The van der Waals surface area contributed by atoms with E-state index in [9.17, 15) is 9.59 Å². The Morgan fingerprint density at radius 3 is 2.46 bits per heavy atom. The van der Waals surface area contributed by atoms with Gasteiger partial charge in [-0.05, 0) is 60.5 Å². The minimum atomic E-state index is -0.287. The number of carbonyl (C=O) groups is 2. The molecule has 182 valence electrons. The number of rotatable bonds is 8. The zero-order chi connectivity index (χ0) is 24.9. The molecule has 1 N–H and O–H groups in total. The van der Waals surface area contributed by atoms with E-state index < -0.39 is 0 Å². The first-order valence-corrected chi connectivity index (χ1v) is 12.6. The maximum Gasteiger partial charge on any atom is 0.251 e. The summed E-state index contributed by atoms with van der Waals surface area (Å²) in [5.74, 6) is 1.70. The molecule has 1 aliphatic heterocycles. The number of methoxy groups -OCH3 is 2. The fourth-order valence-electron chi connectivity index (χ4n) is 4.02. The molecule has 0 aromatic heterocycles. The van der Waals surface area contributed by atoms with Crippen molar-refractivity contribution in [3.8, 4) is 11.5 Å². The van der Waals surface area contributed by atoms with Crippen LogP contribution in [-0.4, -0.2) is 36.7 Å². The molecule has 1 fully saturated rings. The van der Waals surface area contributed by atoms with Gasteiger partial charge >= 0.3 is 0 Å². The van der Waals surface area contributed by atoms with E-state index in [1.807, 2.05) is 66.4 Å². The van der Waals surface area contributed by atoms with Crippen LogP contribution in [0.25, 0.3) is 0 Å². The largest absolute Gasteiger partial charge is 0.497 e. The van der Waals surface area contributed by atoms with E-state index in [2.05, 4.69) is 5.32 Å². The maximum absolute atomic E-state index is 12.9. The third kappa shape index (κ3) is 5.74. The molecule has 0 aliphatic carbocycles. The summed E-state index contributed by atoms with van der Waals surface area (Å²) < 4.78 is 10.8. The Balaban J connectivity index is 1.46. The first-order valence-electron chi connectivity index (χ1n) is 11.2. The van der Waals surface area contributed by atoms with Crippen molar-refractivity contribution in [2.45, 2.75) is 24.9 Å². The first-order chi connectivity index (χ1) is 16.9. The highest BCUT2D eigenvalue weighted by atomic mass is 35.5. The zero-order valence-corrected chi connectivity index (χ0v) is 21.4. The molecule has 1 aliphatic rings. The Labute approximate surface area is 214 Å². The van der Waals surface area contributed by atoms with Gasteiger partial charge in [-0.3, -0.25) is 9.59 Å². The summed E-state index contributed by atoms with van der Waals surface area (Å²) in [5, 5.41) is 3.59. The third-order valence-electron chi connectivity index (χ3n) is 5.94. The summed E-state index contributed by atoms with van der Waals surface area (Å²) in [6, 6.07) is 20.1. The number of nitrogens with zero attached hydrogens (tertiary/aromatic N) is 1. The van der Waals surface area contributed by atoms with Crippen molar-refractivity contribution in [3.63, 3.8) is 0 Å². The summed E-state index contributed by atoms with van der Waals surface area (Å²) in [6.45, 7) is 2.41. The lowest BCUT2D eigenvalue weighted by Crippen LogP contribution is -2.28. The van der Waals surface area contributed by atoms with Gasteiger partial charge in [0, 0.05) is 22.7 Å². The molecule has 6 nitrogen and oxygen atoms in total. The van der Waals surface area contributed by atoms with E-state index in [-0.39, 0.29) is 23.2 Å². The molecular formula is C27H27ClN2O4S. The van der Waals surface area contributed by atoms with Crippen molar-refractivity contribution >= 4 is 35.2 Å².